The number of benzene rings is 2. The van der Waals surface area contributed by atoms with Gasteiger partial charge >= 0.3 is 0 Å². The van der Waals surface area contributed by atoms with E-state index in [-0.39, 0.29) is 18.5 Å². The maximum atomic E-state index is 13.6. The summed E-state index contributed by atoms with van der Waals surface area (Å²) in [5, 5.41) is 3.81. The minimum absolute atomic E-state index is 0.00824. The number of nitrogens with zero attached hydrogens (tertiary/aromatic N) is 2. The Balaban J connectivity index is 1.89. The molecular formula is C25H31Cl2N3O5S. The van der Waals surface area contributed by atoms with Crippen LogP contribution in [0.3, 0.4) is 0 Å². The average molecular weight is 557 g/mol. The molecule has 2 aromatic rings. The second kappa shape index (κ2) is 12.2. The molecule has 0 bridgehead atoms. The highest BCUT2D eigenvalue weighted by Crippen LogP contribution is 2.25. The Kier molecular flexibility index (Phi) is 9.49. The molecule has 2 aromatic carbocycles. The molecule has 1 aliphatic carbocycles. The summed E-state index contributed by atoms with van der Waals surface area (Å²) in [6, 6.07) is 10.4. The maximum Gasteiger partial charge on any atom is 0.244 e. The summed E-state index contributed by atoms with van der Waals surface area (Å²) in [6.45, 7) is 1.15. The molecule has 0 unspecified atom stereocenters. The fraction of sp³-hybridized carbons (Fsp3) is 0.440. The molecule has 1 N–H and O–H groups in total. The molecule has 11 heteroatoms. The van der Waals surface area contributed by atoms with E-state index in [0.29, 0.717) is 27.0 Å². The summed E-state index contributed by atoms with van der Waals surface area (Å²) in [7, 11) is -2.31. The van der Waals surface area contributed by atoms with Crippen LogP contribution in [0.4, 0.5) is 5.69 Å². The second-order valence-electron chi connectivity index (χ2n) is 8.89. The lowest BCUT2D eigenvalue weighted by Gasteiger charge is -2.32. The molecule has 0 aliphatic heterocycles. The zero-order valence-corrected chi connectivity index (χ0v) is 22.9. The number of halogens is 2. The number of carbonyl (C=O) groups is 2. The normalized spacial score (nSPS) is 14.8. The van der Waals surface area contributed by atoms with Gasteiger partial charge in [0.15, 0.2) is 0 Å². The topological polar surface area (TPSA) is 96.0 Å². The van der Waals surface area contributed by atoms with E-state index in [4.69, 9.17) is 27.9 Å². The number of hydrogen-bond donors (Lipinski definition) is 1. The number of carbonyl (C=O) groups excluding carboxylic acids is 2. The third-order valence-corrected chi connectivity index (χ3v) is 7.99. The van der Waals surface area contributed by atoms with E-state index in [2.05, 4.69) is 5.32 Å². The Morgan fingerprint density at radius 3 is 2.31 bits per heavy atom. The third kappa shape index (κ3) is 7.27. The van der Waals surface area contributed by atoms with Gasteiger partial charge in [0.2, 0.25) is 21.8 Å². The van der Waals surface area contributed by atoms with E-state index in [0.717, 1.165) is 36.2 Å². The number of rotatable bonds is 10. The first-order valence-electron chi connectivity index (χ1n) is 11.6. The van der Waals surface area contributed by atoms with Gasteiger partial charge < -0.3 is 15.0 Å². The van der Waals surface area contributed by atoms with Crippen molar-refractivity contribution in [3.05, 3.63) is 58.1 Å². The van der Waals surface area contributed by atoms with Gasteiger partial charge in [-0.05, 0) is 61.7 Å². The molecule has 0 saturated heterocycles. The van der Waals surface area contributed by atoms with Gasteiger partial charge in [-0.25, -0.2) is 8.42 Å². The predicted molar refractivity (Wildman–Crippen MR) is 142 cm³/mol. The number of sulfonamides is 1. The molecule has 0 radical (unpaired) electrons. The van der Waals surface area contributed by atoms with Crippen molar-refractivity contribution in [1.29, 1.82) is 0 Å². The highest BCUT2D eigenvalue weighted by Gasteiger charge is 2.31. The molecule has 3 rings (SSSR count). The minimum atomic E-state index is -3.82. The summed E-state index contributed by atoms with van der Waals surface area (Å²) < 4.78 is 31.4. The van der Waals surface area contributed by atoms with Gasteiger partial charge in [0.1, 0.15) is 18.3 Å². The lowest BCUT2D eigenvalue weighted by Crippen LogP contribution is -2.52. The third-order valence-electron chi connectivity index (χ3n) is 6.26. The van der Waals surface area contributed by atoms with Crippen LogP contribution < -0.4 is 14.4 Å². The molecule has 196 valence electrons. The zero-order chi connectivity index (χ0) is 26.5. The molecule has 1 fully saturated rings. The Morgan fingerprint density at radius 2 is 1.75 bits per heavy atom. The van der Waals surface area contributed by atoms with Crippen molar-refractivity contribution in [2.75, 3.05) is 24.2 Å². The number of ether oxygens (including phenoxy) is 1. The van der Waals surface area contributed by atoms with Crippen LogP contribution in [0.2, 0.25) is 10.0 Å². The first-order chi connectivity index (χ1) is 17.0. The average Bonchev–Trinajstić information content (AvgIpc) is 3.34. The van der Waals surface area contributed by atoms with Crippen LogP contribution in [0.25, 0.3) is 0 Å². The molecule has 1 atom stereocenters. The zero-order valence-electron chi connectivity index (χ0n) is 20.5. The van der Waals surface area contributed by atoms with Gasteiger partial charge in [0.05, 0.1) is 19.1 Å². The quantitative estimate of drug-likeness (QED) is 0.472. The molecule has 1 saturated carbocycles. The van der Waals surface area contributed by atoms with Crippen LogP contribution in [-0.4, -0.2) is 57.1 Å². The van der Waals surface area contributed by atoms with Crippen LogP contribution in [0.5, 0.6) is 5.75 Å². The monoisotopic (exact) mass is 555 g/mol. The Hall–Kier alpha value is -2.49. The van der Waals surface area contributed by atoms with Crippen molar-refractivity contribution in [1.82, 2.24) is 10.2 Å². The molecule has 0 aromatic heterocycles. The van der Waals surface area contributed by atoms with Gasteiger partial charge in [-0.2, -0.15) is 0 Å². The molecule has 36 heavy (non-hydrogen) atoms. The van der Waals surface area contributed by atoms with Crippen LogP contribution in [0.15, 0.2) is 42.5 Å². The summed E-state index contributed by atoms with van der Waals surface area (Å²) in [6.07, 6.45) is 4.92. The summed E-state index contributed by atoms with van der Waals surface area (Å²) in [4.78, 5) is 28.0. The van der Waals surface area contributed by atoms with Crippen molar-refractivity contribution in [2.24, 2.45) is 0 Å². The van der Waals surface area contributed by atoms with Gasteiger partial charge in [-0.1, -0.05) is 42.1 Å². The van der Waals surface area contributed by atoms with E-state index < -0.39 is 28.5 Å². The van der Waals surface area contributed by atoms with E-state index in [9.17, 15) is 18.0 Å². The predicted octanol–water partition coefficient (Wildman–Crippen LogP) is 4.24. The van der Waals surface area contributed by atoms with Crippen LogP contribution >= 0.6 is 23.2 Å². The molecule has 0 heterocycles. The largest absolute Gasteiger partial charge is 0.497 e. The Bertz CT molecular complexity index is 1180. The lowest BCUT2D eigenvalue weighted by atomic mass is 10.1. The lowest BCUT2D eigenvalue weighted by molar-refractivity contribution is -0.139. The smallest absolute Gasteiger partial charge is 0.244 e. The number of anilines is 1. The number of nitrogens with one attached hydrogen (secondary N) is 1. The van der Waals surface area contributed by atoms with E-state index in [1.165, 1.54) is 12.0 Å². The number of amides is 2. The fourth-order valence-corrected chi connectivity index (χ4v) is 5.49. The second-order valence-corrected chi connectivity index (χ2v) is 11.6. The Labute approximate surface area is 222 Å². The molecule has 1 aliphatic rings. The maximum absolute atomic E-state index is 13.6. The summed E-state index contributed by atoms with van der Waals surface area (Å²) in [5.41, 5.74) is 0.893. The first kappa shape index (κ1) is 28.1. The van der Waals surface area contributed by atoms with E-state index in [1.807, 2.05) is 0 Å². The fourth-order valence-electron chi connectivity index (χ4n) is 4.17. The van der Waals surface area contributed by atoms with Gasteiger partial charge in [0.25, 0.3) is 0 Å². The molecule has 0 spiro atoms. The standard InChI is InChI=1S/C25H31Cl2N3O5S/c1-17(25(32)28-20-6-4-5-7-20)29(15-18-8-9-19(26)14-23(18)27)24(31)16-30(36(3,33)34)21-10-12-22(35-2)13-11-21/h8-14,17,20H,4-7,15-16H2,1-3H3,(H,28,32)/t17-/m1/s1. The van der Waals surface area contributed by atoms with Crippen molar-refractivity contribution in [3.63, 3.8) is 0 Å². The van der Waals surface area contributed by atoms with Crippen molar-refractivity contribution in [2.45, 2.75) is 51.2 Å². The van der Waals surface area contributed by atoms with E-state index in [1.54, 1.807) is 49.4 Å². The van der Waals surface area contributed by atoms with Crippen molar-refractivity contribution < 1.29 is 22.7 Å². The van der Waals surface area contributed by atoms with E-state index >= 15 is 0 Å². The van der Waals surface area contributed by atoms with Crippen LogP contribution in [0, 0.1) is 0 Å². The minimum Gasteiger partial charge on any atom is -0.497 e. The molecule has 2 amide bonds. The highest BCUT2D eigenvalue weighted by molar-refractivity contribution is 7.92. The number of methoxy groups -OCH3 is 1. The van der Waals surface area contributed by atoms with Crippen molar-refractivity contribution >= 4 is 50.7 Å². The van der Waals surface area contributed by atoms with Gasteiger partial charge in [-0.3, -0.25) is 13.9 Å². The van der Waals surface area contributed by atoms with Crippen LogP contribution in [0.1, 0.15) is 38.2 Å². The van der Waals surface area contributed by atoms with Crippen molar-refractivity contribution in [3.8, 4) is 5.75 Å². The van der Waals surface area contributed by atoms with Gasteiger partial charge in [0, 0.05) is 22.6 Å². The summed E-state index contributed by atoms with van der Waals surface area (Å²) >= 11 is 12.4. The molecule has 8 nitrogen and oxygen atoms in total. The van der Waals surface area contributed by atoms with Crippen LogP contribution in [-0.2, 0) is 26.2 Å². The first-order valence-corrected chi connectivity index (χ1v) is 14.3. The SMILES string of the molecule is COc1ccc(N(CC(=O)N(Cc2ccc(Cl)cc2Cl)[C@H](C)C(=O)NC2CCCC2)S(C)(=O)=O)cc1. The summed E-state index contributed by atoms with van der Waals surface area (Å²) in [5.74, 6) is -0.290. The van der Waals surface area contributed by atoms with Gasteiger partial charge in [-0.15, -0.1) is 0 Å². The Morgan fingerprint density at radius 1 is 1.11 bits per heavy atom. The number of hydrogen-bond acceptors (Lipinski definition) is 5. The molecular weight excluding hydrogens is 525 g/mol. The highest BCUT2D eigenvalue weighted by atomic mass is 35.5.